The lowest BCUT2D eigenvalue weighted by molar-refractivity contribution is 0.419. The minimum Gasteiger partial charge on any atom is -0.0812 e. The van der Waals surface area contributed by atoms with E-state index in [-0.39, 0.29) is 0 Å². The van der Waals surface area contributed by atoms with E-state index in [0.29, 0.717) is 0 Å². The quantitative estimate of drug-likeness (QED) is 0.619. The van der Waals surface area contributed by atoms with Gasteiger partial charge in [-0.3, -0.25) is 0 Å². The first-order chi connectivity index (χ1) is 8.34. The molecule has 0 unspecified atom stereocenters. The minimum atomic E-state index is 0.822. The Bertz CT molecular complexity index is 378. The van der Waals surface area contributed by atoms with Crippen molar-refractivity contribution in [3.05, 3.63) is 53.6 Å². The van der Waals surface area contributed by atoms with Gasteiger partial charge in [-0.2, -0.15) is 0 Å². The largest absolute Gasteiger partial charge is 0.0812 e. The van der Waals surface area contributed by atoms with E-state index in [9.17, 15) is 0 Å². The standard InChI is InChI=1S/C17H22/c1-15(14-17-10-6-3-7-11-17)12-13-16-8-4-2-5-9-16/h3,6-7,10-14,16H,2,4-5,8-9H2,1H3/b13-12+,15-14+. The molecule has 0 spiro atoms. The summed E-state index contributed by atoms with van der Waals surface area (Å²) in [5.41, 5.74) is 2.64. The lowest BCUT2D eigenvalue weighted by atomic mass is 9.89. The summed E-state index contributed by atoms with van der Waals surface area (Å²) in [4.78, 5) is 0. The molecule has 0 bridgehead atoms. The second-order valence-electron chi connectivity index (χ2n) is 5.06. The van der Waals surface area contributed by atoms with Gasteiger partial charge in [0, 0.05) is 0 Å². The van der Waals surface area contributed by atoms with Crippen molar-refractivity contribution < 1.29 is 0 Å². The van der Waals surface area contributed by atoms with Gasteiger partial charge in [-0.05, 0) is 31.2 Å². The highest BCUT2D eigenvalue weighted by Crippen LogP contribution is 2.25. The van der Waals surface area contributed by atoms with Crippen LogP contribution >= 0.6 is 0 Å². The highest BCUT2D eigenvalue weighted by Gasteiger charge is 2.09. The summed E-state index contributed by atoms with van der Waals surface area (Å²) in [6.45, 7) is 2.19. The summed E-state index contributed by atoms with van der Waals surface area (Å²) >= 11 is 0. The maximum absolute atomic E-state index is 2.41. The summed E-state index contributed by atoms with van der Waals surface area (Å²) in [6, 6.07) is 10.5. The average molecular weight is 226 g/mol. The maximum atomic E-state index is 2.41. The monoisotopic (exact) mass is 226 g/mol. The van der Waals surface area contributed by atoms with Crippen LogP contribution in [0.4, 0.5) is 0 Å². The van der Waals surface area contributed by atoms with Crippen molar-refractivity contribution >= 4 is 6.08 Å². The molecule has 17 heavy (non-hydrogen) atoms. The van der Waals surface area contributed by atoms with Crippen molar-refractivity contribution in [1.82, 2.24) is 0 Å². The van der Waals surface area contributed by atoms with Crippen molar-refractivity contribution in [1.29, 1.82) is 0 Å². The molecule has 0 amide bonds. The summed E-state index contributed by atoms with van der Waals surface area (Å²) in [7, 11) is 0. The molecule has 0 saturated heterocycles. The van der Waals surface area contributed by atoms with Crippen LogP contribution in [-0.2, 0) is 0 Å². The minimum absolute atomic E-state index is 0.822. The molecule has 1 aliphatic rings. The fourth-order valence-electron chi connectivity index (χ4n) is 2.47. The van der Waals surface area contributed by atoms with Gasteiger partial charge in [0.15, 0.2) is 0 Å². The van der Waals surface area contributed by atoms with E-state index >= 15 is 0 Å². The topological polar surface area (TPSA) is 0 Å². The van der Waals surface area contributed by atoms with E-state index in [1.54, 1.807) is 0 Å². The molecule has 2 rings (SSSR count). The Morgan fingerprint density at radius 2 is 1.76 bits per heavy atom. The molecule has 90 valence electrons. The van der Waals surface area contributed by atoms with Gasteiger partial charge >= 0.3 is 0 Å². The molecule has 0 nitrogen and oxygen atoms in total. The number of hydrogen-bond donors (Lipinski definition) is 0. The maximum Gasteiger partial charge on any atom is -0.0230 e. The molecule has 0 aromatic heterocycles. The van der Waals surface area contributed by atoms with E-state index in [4.69, 9.17) is 0 Å². The van der Waals surface area contributed by atoms with Crippen molar-refractivity contribution in [3.8, 4) is 0 Å². The first-order valence-electron chi connectivity index (χ1n) is 6.76. The number of rotatable bonds is 3. The van der Waals surface area contributed by atoms with Gasteiger partial charge in [0.2, 0.25) is 0 Å². The first kappa shape index (κ1) is 12.2. The Morgan fingerprint density at radius 1 is 1.06 bits per heavy atom. The van der Waals surface area contributed by atoms with Crippen LogP contribution in [0.2, 0.25) is 0 Å². The third kappa shape index (κ3) is 4.22. The Morgan fingerprint density at radius 3 is 2.47 bits per heavy atom. The van der Waals surface area contributed by atoms with Gasteiger partial charge in [0.05, 0.1) is 0 Å². The number of hydrogen-bond acceptors (Lipinski definition) is 0. The molecule has 0 atom stereocenters. The second-order valence-corrected chi connectivity index (χ2v) is 5.06. The average Bonchev–Trinajstić information content (AvgIpc) is 2.39. The Balaban J connectivity index is 1.93. The van der Waals surface area contributed by atoms with E-state index in [0.717, 1.165) is 5.92 Å². The van der Waals surface area contributed by atoms with Crippen LogP contribution in [0, 0.1) is 5.92 Å². The smallest absolute Gasteiger partial charge is 0.0230 e. The third-order valence-electron chi connectivity index (χ3n) is 3.48. The van der Waals surface area contributed by atoms with Gasteiger partial charge in [0.1, 0.15) is 0 Å². The zero-order valence-electron chi connectivity index (χ0n) is 10.7. The van der Waals surface area contributed by atoms with Gasteiger partial charge in [-0.15, -0.1) is 0 Å². The van der Waals surface area contributed by atoms with Crippen LogP contribution in [0.15, 0.2) is 48.1 Å². The van der Waals surface area contributed by atoms with Crippen LogP contribution in [0.3, 0.4) is 0 Å². The molecule has 0 N–H and O–H groups in total. The lowest BCUT2D eigenvalue weighted by Crippen LogP contribution is -2.02. The summed E-state index contributed by atoms with van der Waals surface area (Å²) in [6.07, 6.45) is 14.0. The van der Waals surface area contributed by atoms with E-state index in [2.05, 4.69) is 55.5 Å². The molecule has 1 saturated carbocycles. The van der Waals surface area contributed by atoms with E-state index in [1.165, 1.54) is 43.2 Å². The predicted molar refractivity (Wildman–Crippen MR) is 75.8 cm³/mol. The highest BCUT2D eigenvalue weighted by molar-refractivity contribution is 5.54. The van der Waals surface area contributed by atoms with E-state index in [1.807, 2.05) is 0 Å². The lowest BCUT2D eigenvalue weighted by Gasteiger charge is -2.17. The SMILES string of the molecule is CC(/C=C/C1CCCCC1)=C\c1ccccc1. The Labute approximate surface area is 105 Å². The molecule has 0 radical (unpaired) electrons. The van der Waals surface area contributed by atoms with Gasteiger partial charge in [-0.25, -0.2) is 0 Å². The van der Waals surface area contributed by atoms with Crippen LogP contribution in [-0.4, -0.2) is 0 Å². The van der Waals surface area contributed by atoms with Gasteiger partial charge in [-0.1, -0.05) is 73.4 Å². The first-order valence-corrected chi connectivity index (χ1v) is 6.76. The second kappa shape index (κ2) is 6.44. The summed E-state index contributed by atoms with van der Waals surface area (Å²) in [5.74, 6) is 0.822. The van der Waals surface area contributed by atoms with Crippen LogP contribution in [0.5, 0.6) is 0 Å². The zero-order valence-corrected chi connectivity index (χ0v) is 10.7. The summed E-state index contributed by atoms with van der Waals surface area (Å²) < 4.78 is 0. The Kier molecular flexibility index (Phi) is 4.61. The fourth-order valence-corrected chi connectivity index (χ4v) is 2.47. The van der Waals surface area contributed by atoms with Crippen molar-refractivity contribution in [2.24, 2.45) is 5.92 Å². The normalized spacial score (nSPS) is 18.8. The highest BCUT2D eigenvalue weighted by atomic mass is 14.1. The molecule has 0 heterocycles. The molecule has 1 aromatic rings. The molecule has 1 aliphatic carbocycles. The molecular weight excluding hydrogens is 204 g/mol. The van der Waals surface area contributed by atoms with Crippen molar-refractivity contribution in [2.75, 3.05) is 0 Å². The fraction of sp³-hybridized carbons (Fsp3) is 0.412. The number of benzene rings is 1. The van der Waals surface area contributed by atoms with Crippen LogP contribution in [0.1, 0.15) is 44.6 Å². The molecule has 0 aliphatic heterocycles. The zero-order chi connectivity index (χ0) is 11.9. The molecule has 0 heteroatoms. The summed E-state index contributed by atoms with van der Waals surface area (Å²) in [5, 5.41) is 0. The Hall–Kier alpha value is -1.30. The van der Waals surface area contributed by atoms with E-state index < -0.39 is 0 Å². The van der Waals surface area contributed by atoms with Crippen molar-refractivity contribution in [2.45, 2.75) is 39.0 Å². The third-order valence-corrected chi connectivity index (χ3v) is 3.48. The van der Waals surface area contributed by atoms with Crippen molar-refractivity contribution in [3.63, 3.8) is 0 Å². The van der Waals surface area contributed by atoms with Crippen LogP contribution < -0.4 is 0 Å². The molecule has 1 aromatic carbocycles. The number of allylic oxidation sites excluding steroid dienone is 3. The molecular formula is C17H22. The predicted octanol–water partition coefficient (Wildman–Crippen LogP) is 5.23. The van der Waals surface area contributed by atoms with Gasteiger partial charge in [0.25, 0.3) is 0 Å². The molecule has 1 fully saturated rings. The van der Waals surface area contributed by atoms with Gasteiger partial charge < -0.3 is 0 Å². The van der Waals surface area contributed by atoms with Crippen LogP contribution in [0.25, 0.3) is 6.08 Å².